The van der Waals surface area contributed by atoms with Gasteiger partial charge in [0.15, 0.2) is 0 Å². The first-order valence-corrected chi connectivity index (χ1v) is 24.6. The van der Waals surface area contributed by atoms with Gasteiger partial charge in [0.05, 0.1) is 88.0 Å². The molecule has 0 unspecified atom stereocenters. The molecule has 4 amide bonds. The van der Waals surface area contributed by atoms with Crippen LogP contribution in [0.3, 0.4) is 0 Å². The Kier molecular flexibility index (Phi) is 19.1. The highest BCUT2D eigenvalue weighted by molar-refractivity contribution is 5.94. The van der Waals surface area contributed by atoms with Gasteiger partial charge in [-0.2, -0.15) is 13.2 Å². The molecule has 3 fully saturated rings. The number of anilines is 2. The highest BCUT2D eigenvalue weighted by Crippen LogP contribution is 2.37. The number of alkyl halides is 3. The van der Waals surface area contributed by atoms with Gasteiger partial charge in [-0.1, -0.05) is 12.1 Å². The number of rotatable bonds is 25. The van der Waals surface area contributed by atoms with Gasteiger partial charge in [0, 0.05) is 63.0 Å². The fourth-order valence-corrected chi connectivity index (χ4v) is 9.53. The van der Waals surface area contributed by atoms with E-state index in [0.717, 1.165) is 24.1 Å². The first-order valence-electron chi connectivity index (χ1n) is 24.6. The van der Waals surface area contributed by atoms with Crippen molar-refractivity contribution in [1.82, 2.24) is 45.3 Å². The molecule has 3 aromatic heterocycles. The summed E-state index contributed by atoms with van der Waals surface area (Å²) in [6, 6.07) is 10.7. The van der Waals surface area contributed by atoms with Crippen molar-refractivity contribution in [2.45, 2.75) is 88.4 Å². The lowest BCUT2D eigenvalue weighted by Gasteiger charge is -2.44. The number of benzene rings is 1. The first kappa shape index (κ1) is 53.7. The zero-order chi connectivity index (χ0) is 51.2. The molecule has 2 aliphatic heterocycles. The third-order valence-electron chi connectivity index (χ3n) is 13.6. The van der Waals surface area contributed by atoms with Crippen LogP contribution in [0.15, 0.2) is 67.3 Å². The summed E-state index contributed by atoms with van der Waals surface area (Å²) in [4.78, 5) is 75.9. The highest BCUT2D eigenvalue weighted by atomic mass is 19.4. The number of hydrogen-bond donors (Lipinski definition) is 4. The van der Waals surface area contributed by atoms with Crippen molar-refractivity contribution in [3.63, 3.8) is 0 Å². The summed E-state index contributed by atoms with van der Waals surface area (Å²) in [5, 5.41) is 12.6. The quantitative estimate of drug-likeness (QED) is 0.0681. The molecule has 3 aliphatic rings. The average molecular weight is 1010 g/mol. The fourth-order valence-electron chi connectivity index (χ4n) is 9.53. The van der Waals surface area contributed by atoms with Crippen LogP contribution in [0.1, 0.15) is 73.6 Å². The van der Waals surface area contributed by atoms with E-state index in [0.29, 0.717) is 103 Å². The number of ether oxygens (including phenoxy) is 4. The van der Waals surface area contributed by atoms with Crippen molar-refractivity contribution in [2.24, 2.45) is 5.92 Å². The highest BCUT2D eigenvalue weighted by Gasteiger charge is 2.45. The maximum Gasteiger partial charge on any atom is 0.416 e. The molecule has 0 radical (unpaired) electrons. The van der Waals surface area contributed by atoms with Crippen molar-refractivity contribution in [3.05, 3.63) is 84.1 Å². The number of halogens is 3. The summed E-state index contributed by atoms with van der Waals surface area (Å²) >= 11 is 0. The fraction of sp³-hybridized carbons (Fsp3) is 0.560. The van der Waals surface area contributed by atoms with E-state index in [4.69, 9.17) is 18.9 Å². The molecule has 1 aromatic carbocycles. The molecule has 22 heteroatoms. The van der Waals surface area contributed by atoms with Crippen LogP contribution in [0.25, 0.3) is 10.9 Å². The van der Waals surface area contributed by atoms with E-state index in [-0.39, 0.29) is 71.1 Å². The molecular formula is C50H66F3N11O8. The SMILES string of the molecule is CC(C)N(C)[C@@H]1CC[C@H](N2CC[C@H](Nc3ncnc4ccc(C(F)(F)F)cc34)C2=O)[C@H](NC(=O)c2cccc(NCCOCCOCCOCCOCCNC(=O)[C@H]3CC(=O)N(C)[C@@H]3c3cccnc3)n2)C1. The number of nitrogens with zero attached hydrogens (tertiary/aromatic N) is 7. The molecule has 2 saturated heterocycles. The number of amides is 4. The van der Waals surface area contributed by atoms with Gasteiger partial charge >= 0.3 is 6.18 Å². The van der Waals surface area contributed by atoms with Crippen LogP contribution in [0.5, 0.6) is 0 Å². The number of hydrogen-bond acceptors (Lipinski definition) is 15. The van der Waals surface area contributed by atoms with E-state index in [9.17, 15) is 32.3 Å². The Morgan fingerprint density at radius 3 is 2.31 bits per heavy atom. The second kappa shape index (κ2) is 25.5. The van der Waals surface area contributed by atoms with Gasteiger partial charge in [-0.05, 0) is 88.5 Å². The number of likely N-dealkylation sites (tertiary alicyclic amines) is 2. The normalized spacial score (nSPS) is 21.5. The van der Waals surface area contributed by atoms with Crippen LogP contribution < -0.4 is 21.3 Å². The van der Waals surface area contributed by atoms with Crippen LogP contribution in [0.2, 0.25) is 0 Å². The predicted octanol–water partition coefficient (Wildman–Crippen LogP) is 4.33. The van der Waals surface area contributed by atoms with E-state index in [1.165, 1.54) is 12.4 Å². The lowest BCUT2D eigenvalue weighted by molar-refractivity contribution is -0.137. The minimum Gasteiger partial charge on any atom is -0.377 e. The summed E-state index contributed by atoms with van der Waals surface area (Å²) < 4.78 is 63.2. The maximum atomic E-state index is 14.1. The Labute approximate surface area is 417 Å². The zero-order valence-corrected chi connectivity index (χ0v) is 41.2. The largest absolute Gasteiger partial charge is 0.416 e. The second-order valence-corrected chi connectivity index (χ2v) is 18.5. The van der Waals surface area contributed by atoms with Crippen molar-refractivity contribution in [3.8, 4) is 0 Å². The van der Waals surface area contributed by atoms with Gasteiger partial charge in [-0.3, -0.25) is 24.2 Å². The monoisotopic (exact) mass is 1010 g/mol. The summed E-state index contributed by atoms with van der Waals surface area (Å²) in [5.74, 6) is -0.696. The van der Waals surface area contributed by atoms with Gasteiger partial charge in [-0.25, -0.2) is 15.0 Å². The summed E-state index contributed by atoms with van der Waals surface area (Å²) in [6.45, 7) is 8.28. The average Bonchev–Trinajstić information content (AvgIpc) is 3.89. The number of fused-ring (bicyclic) bond motifs is 1. The minimum absolute atomic E-state index is 0.0801. The van der Waals surface area contributed by atoms with Crippen LogP contribution in [0.4, 0.5) is 24.8 Å². The van der Waals surface area contributed by atoms with E-state index in [2.05, 4.69) is 67.0 Å². The molecule has 0 bridgehead atoms. The molecule has 4 N–H and O–H groups in total. The molecule has 5 heterocycles. The molecule has 7 rings (SSSR count). The topological polar surface area (TPSA) is 215 Å². The molecule has 0 spiro atoms. The van der Waals surface area contributed by atoms with Crippen molar-refractivity contribution < 1.29 is 51.3 Å². The van der Waals surface area contributed by atoms with Crippen LogP contribution >= 0.6 is 0 Å². The summed E-state index contributed by atoms with van der Waals surface area (Å²) in [5.41, 5.74) is 0.532. The summed E-state index contributed by atoms with van der Waals surface area (Å²) in [6.07, 6.45) is 2.66. The van der Waals surface area contributed by atoms with Gasteiger partial charge in [0.1, 0.15) is 29.7 Å². The van der Waals surface area contributed by atoms with Gasteiger partial charge in [0.2, 0.25) is 17.7 Å². The van der Waals surface area contributed by atoms with Crippen molar-refractivity contribution >= 4 is 46.2 Å². The first-order chi connectivity index (χ1) is 34.7. The van der Waals surface area contributed by atoms with E-state index >= 15 is 0 Å². The number of carbonyl (C=O) groups excluding carboxylic acids is 4. The van der Waals surface area contributed by atoms with Gasteiger partial charge in [-0.15, -0.1) is 0 Å². The van der Waals surface area contributed by atoms with E-state index in [1.807, 2.05) is 6.07 Å². The van der Waals surface area contributed by atoms with E-state index in [1.54, 1.807) is 53.5 Å². The molecule has 1 saturated carbocycles. The van der Waals surface area contributed by atoms with Crippen LogP contribution in [-0.2, 0) is 39.5 Å². The molecule has 19 nitrogen and oxygen atoms in total. The third kappa shape index (κ3) is 14.1. The Balaban J connectivity index is 0.780. The predicted molar refractivity (Wildman–Crippen MR) is 261 cm³/mol. The maximum absolute atomic E-state index is 14.1. The van der Waals surface area contributed by atoms with E-state index < -0.39 is 29.7 Å². The molecule has 72 heavy (non-hydrogen) atoms. The Bertz CT molecular complexity index is 2440. The molecule has 1 aliphatic carbocycles. The molecule has 390 valence electrons. The number of aromatic nitrogens is 4. The number of pyridine rings is 2. The lowest BCUT2D eigenvalue weighted by Crippen LogP contribution is -2.58. The zero-order valence-electron chi connectivity index (χ0n) is 41.2. The summed E-state index contributed by atoms with van der Waals surface area (Å²) in [7, 11) is 3.76. The number of carbonyl (C=O) groups is 4. The van der Waals surface area contributed by atoms with Crippen molar-refractivity contribution in [1.29, 1.82) is 0 Å². The Morgan fingerprint density at radius 1 is 0.889 bits per heavy atom. The molecule has 4 aromatic rings. The third-order valence-corrected chi connectivity index (χ3v) is 13.6. The smallest absolute Gasteiger partial charge is 0.377 e. The Hall–Kier alpha value is -6.07. The minimum atomic E-state index is -4.56. The molecule has 6 atom stereocenters. The number of nitrogens with one attached hydrogen (secondary N) is 4. The molecular weight excluding hydrogens is 940 g/mol. The Morgan fingerprint density at radius 2 is 1.61 bits per heavy atom. The van der Waals surface area contributed by atoms with Crippen LogP contribution in [-0.4, -0.2) is 175 Å². The second-order valence-electron chi connectivity index (χ2n) is 18.5. The van der Waals surface area contributed by atoms with Crippen LogP contribution in [0, 0.1) is 5.92 Å². The van der Waals surface area contributed by atoms with Crippen molar-refractivity contribution in [2.75, 3.05) is 97.2 Å². The lowest BCUT2D eigenvalue weighted by atomic mass is 9.84. The standard InChI is InChI=1S/C50H66F3N11O8/c1-32(2)62(3)35-11-13-42(64-18-14-40(49(64)68)60-46-36-27-34(50(51,52)53)10-12-38(36)57-31-58-46)41(28-35)61-48(67)39-8-5-9-43(59-39)55-16-19-69-21-23-71-25-26-72-24-22-70-20-17-56-47(66)37-29-44(65)63(4)45(37)33-7-6-15-54-30-33/h5-10,12,15,27,30-32,35,37,40-42,45H,11,13-14,16-26,28-29H2,1-4H3,(H,55,59)(H,56,66)(H,61,67)(H,57,58,60)/t35-,37+,40+,41-,42+,45-/m1/s1. The van der Waals surface area contributed by atoms with Gasteiger partial charge < -0.3 is 54.9 Å². The van der Waals surface area contributed by atoms with Gasteiger partial charge in [0.25, 0.3) is 5.91 Å².